The van der Waals surface area contributed by atoms with E-state index in [0.29, 0.717) is 11.6 Å². The SMILES string of the molecule is CC(C)n1cc(C(=O)c2cc(NC(=O)Cn3cc(C(F)(F)F)nn3)ccn2)c2cncc(F)c21. The maximum absolute atomic E-state index is 14.4. The van der Waals surface area contributed by atoms with Crippen molar-refractivity contribution in [2.45, 2.75) is 32.6 Å². The van der Waals surface area contributed by atoms with Crippen molar-refractivity contribution in [2.75, 3.05) is 5.32 Å². The summed E-state index contributed by atoms with van der Waals surface area (Å²) in [6.45, 7) is 3.16. The first-order valence-electron chi connectivity index (χ1n) is 9.96. The van der Waals surface area contributed by atoms with Crippen LogP contribution in [-0.4, -0.2) is 41.2 Å². The summed E-state index contributed by atoms with van der Waals surface area (Å²) in [5.74, 6) is -1.77. The predicted molar refractivity (Wildman–Crippen MR) is 111 cm³/mol. The van der Waals surface area contributed by atoms with Gasteiger partial charge in [-0.1, -0.05) is 5.21 Å². The van der Waals surface area contributed by atoms with E-state index in [9.17, 15) is 27.2 Å². The highest BCUT2D eigenvalue weighted by Crippen LogP contribution is 2.28. The summed E-state index contributed by atoms with van der Waals surface area (Å²) in [6, 6.07) is 2.60. The third-order valence-electron chi connectivity index (χ3n) is 4.90. The number of anilines is 1. The second kappa shape index (κ2) is 8.65. The van der Waals surface area contributed by atoms with E-state index in [2.05, 4.69) is 25.6 Å². The molecule has 0 bridgehead atoms. The first-order valence-corrected chi connectivity index (χ1v) is 9.96. The largest absolute Gasteiger partial charge is 0.436 e. The minimum Gasteiger partial charge on any atom is -0.342 e. The molecule has 0 saturated heterocycles. The van der Waals surface area contributed by atoms with Crippen molar-refractivity contribution in [1.82, 2.24) is 29.5 Å². The third kappa shape index (κ3) is 4.49. The zero-order chi connectivity index (χ0) is 24.6. The lowest BCUT2D eigenvalue weighted by Gasteiger charge is -2.08. The Hall–Kier alpha value is -4.16. The number of nitrogens with zero attached hydrogens (tertiary/aromatic N) is 6. The number of ketones is 1. The number of aromatic nitrogens is 6. The van der Waals surface area contributed by atoms with Gasteiger partial charge in [0, 0.05) is 35.7 Å². The molecular weight excluding hydrogens is 458 g/mol. The van der Waals surface area contributed by atoms with Crippen molar-refractivity contribution in [3.05, 3.63) is 65.9 Å². The molecule has 0 aliphatic rings. The number of amides is 1. The van der Waals surface area contributed by atoms with E-state index in [-0.39, 0.29) is 28.5 Å². The minimum atomic E-state index is -4.67. The fourth-order valence-electron chi connectivity index (χ4n) is 3.37. The van der Waals surface area contributed by atoms with E-state index < -0.39 is 35.9 Å². The molecule has 4 aromatic rings. The number of alkyl halides is 3. The number of carbonyl (C=O) groups excluding carboxylic acids is 2. The average Bonchev–Trinajstić information content (AvgIpc) is 3.39. The third-order valence-corrected chi connectivity index (χ3v) is 4.90. The van der Waals surface area contributed by atoms with Gasteiger partial charge in [0.15, 0.2) is 11.5 Å². The summed E-state index contributed by atoms with van der Waals surface area (Å²) in [5.41, 5.74) is -0.622. The topological polar surface area (TPSA) is 108 Å². The molecule has 4 rings (SSSR count). The van der Waals surface area contributed by atoms with Crippen LogP contribution in [0.5, 0.6) is 0 Å². The molecule has 0 fully saturated rings. The molecule has 0 aliphatic carbocycles. The molecule has 0 aromatic carbocycles. The van der Waals surface area contributed by atoms with Crippen molar-refractivity contribution in [2.24, 2.45) is 0 Å². The van der Waals surface area contributed by atoms with Gasteiger partial charge in [-0.3, -0.25) is 19.6 Å². The van der Waals surface area contributed by atoms with Crippen molar-refractivity contribution in [1.29, 1.82) is 0 Å². The summed E-state index contributed by atoms with van der Waals surface area (Å²) in [7, 11) is 0. The van der Waals surface area contributed by atoms with Crippen molar-refractivity contribution >= 4 is 28.3 Å². The highest BCUT2D eigenvalue weighted by Gasteiger charge is 2.34. The number of rotatable bonds is 6. The van der Waals surface area contributed by atoms with Gasteiger partial charge in [-0.2, -0.15) is 13.2 Å². The normalized spacial score (nSPS) is 11.9. The number of carbonyl (C=O) groups is 2. The van der Waals surface area contributed by atoms with Crippen LogP contribution in [0.15, 0.2) is 43.1 Å². The highest BCUT2D eigenvalue weighted by molar-refractivity contribution is 6.16. The maximum Gasteiger partial charge on any atom is 0.436 e. The first-order chi connectivity index (χ1) is 16.0. The standard InChI is InChI=1S/C21H17F4N7O2/c1-11(2)32-8-14(13-6-26-7-15(22)19(13)32)20(34)16-5-12(3-4-27-16)28-18(33)10-31-9-17(29-30-31)21(23,24)25/h3-9,11H,10H2,1-2H3,(H,27,28,33). The van der Waals surface area contributed by atoms with E-state index in [4.69, 9.17) is 0 Å². The van der Waals surface area contributed by atoms with Crippen LogP contribution in [-0.2, 0) is 17.5 Å². The van der Waals surface area contributed by atoms with Gasteiger partial charge in [0.2, 0.25) is 11.7 Å². The van der Waals surface area contributed by atoms with Crippen molar-refractivity contribution < 1.29 is 27.2 Å². The van der Waals surface area contributed by atoms with Crippen LogP contribution in [0, 0.1) is 5.82 Å². The summed E-state index contributed by atoms with van der Waals surface area (Å²) in [6.07, 6.45) is 1.21. The van der Waals surface area contributed by atoms with Crippen LogP contribution in [0.25, 0.3) is 10.9 Å². The smallest absolute Gasteiger partial charge is 0.342 e. The molecule has 0 spiro atoms. The Morgan fingerprint density at radius 1 is 1.18 bits per heavy atom. The second-order valence-corrected chi connectivity index (χ2v) is 7.67. The van der Waals surface area contributed by atoms with E-state index in [0.717, 1.165) is 10.9 Å². The molecule has 4 aromatic heterocycles. The van der Waals surface area contributed by atoms with Crippen LogP contribution in [0.1, 0.15) is 41.6 Å². The van der Waals surface area contributed by atoms with Gasteiger partial charge in [0.1, 0.15) is 12.2 Å². The monoisotopic (exact) mass is 475 g/mol. The number of nitrogens with one attached hydrogen (secondary N) is 1. The maximum atomic E-state index is 14.4. The van der Waals surface area contributed by atoms with Crippen LogP contribution >= 0.6 is 0 Å². The molecule has 0 aliphatic heterocycles. The molecule has 4 heterocycles. The minimum absolute atomic E-state index is 0.0232. The molecule has 0 radical (unpaired) electrons. The van der Waals surface area contributed by atoms with E-state index in [1.807, 2.05) is 13.8 Å². The zero-order valence-corrected chi connectivity index (χ0v) is 17.8. The van der Waals surface area contributed by atoms with Gasteiger partial charge in [-0.25, -0.2) is 9.07 Å². The zero-order valence-electron chi connectivity index (χ0n) is 17.8. The lowest BCUT2D eigenvalue weighted by Crippen LogP contribution is -2.19. The summed E-state index contributed by atoms with van der Waals surface area (Å²) in [5, 5.41) is 9.06. The van der Waals surface area contributed by atoms with Gasteiger partial charge >= 0.3 is 6.18 Å². The number of fused-ring (bicyclic) bond motifs is 1. The Morgan fingerprint density at radius 3 is 2.62 bits per heavy atom. The molecule has 9 nitrogen and oxygen atoms in total. The Kier molecular flexibility index (Phi) is 5.85. The van der Waals surface area contributed by atoms with Crippen LogP contribution < -0.4 is 5.32 Å². The Labute approximate surface area is 189 Å². The molecule has 176 valence electrons. The van der Waals surface area contributed by atoms with Crippen molar-refractivity contribution in [3.8, 4) is 0 Å². The average molecular weight is 475 g/mol. The number of hydrogen-bond donors (Lipinski definition) is 1. The predicted octanol–water partition coefficient (Wildman–Crippen LogP) is 3.63. The van der Waals surface area contributed by atoms with Crippen molar-refractivity contribution in [3.63, 3.8) is 0 Å². The van der Waals surface area contributed by atoms with Crippen LogP contribution in [0.4, 0.5) is 23.2 Å². The van der Waals surface area contributed by atoms with Gasteiger partial charge in [-0.15, -0.1) is 5.10 Å². The molecule has 0 unspecified atom stereocenters. The summed E-state index contributed by atoms with van der Waals surface area (Å²) in [4.78, 5) is 33.3. The Balaban J connectivity index is 1.56. The Bertz CT molecular complexity index is 1390. The Morgan fingerprint density at radius 2 is 1.94 bits per heavy atom. The molecule has 13 heteroatoms. The van der Waals surface area contributed by atoms with Gasteiger partial charge < -0.3 is 9.88 Å². The van der Waals surface area contributed by atoms with Gasteiger partial charge in [-0.05, 0) is 26.0 Å². The number of hydrogen-bond acceptors (Lipinski definition) is 6. The lowest BCUT2D eigenvalue weighted by molar-refractivity contribution is -0.141. The van der Waals surface area contributed by atoms with E-state index in [1.165, 1.54) is 30.7 Å². The quantitative estimate of drug-likeness (QED) is 0.337. The number of pyridine rings is 2. The molecular formula is C21H17F4N7O2. The highest BCUT2D eigenvalue weighted by atomic mass is 19.4. The number of halogens is 4. The molecule has 0 saturated carbocycles. The fraction of sp³-hybridized carbons (Fsp3) is 0.238. The first kappa shape index (κ1) is 23.0. The van der Waals surface area contributed by atoms with Crippen LogP contribution in [0.3, 0.4) is 0 Å². The second-order valence-electron chi connectivity index (χ2n) is 7.67. The van der Waals surface area contributed by atoms with E-state index in [1.54, 1.807) is 4.57 Å². The lowest BCUT2D eigenvalue weighted by atomic mass is 10.1. The molecule has 0 atom stereocenters. The molecule has 1 N–H and O–H groups in total. The van der Waals surface area contributed by atoms with E-state index >= 15 is 0 Å². The van der Waals surface area contributed by atoms with Gasteiger partial charge in [0.05, 0.1) is 23.5 Å². The summed E-state index contributed by atoms with van der Waals surface area (Å²) < 4.78 is 54.7. The van der Waals surface area contributed by atoms with Crippen LogP contribution in [0.2, 0.25) is 0 Å². The van der Waals surface area contributed by atoms with Gasteiger partial charge in [0.25, 0.3) is 0 Å². The fourth-order valence-corrected chi connectivity index (χ4v) is 3.37. The molecule has 34 heavy (non-hydrogen) atoms. The molecule has 1 amide bonds. The summed E-state index contributed by atoms with van der Waals surface area (Å²) >= 11 is 0.